The molecule has 0 unspecified atom stereocenters. The van der Waals surface area contributed by atoms with Crippen molar-refractivity contribution in [2.45, 2.75) is 24.8 Å². The van der Waals surface area contributed by atoms with Gasteiger partial charge in [0.1, 0.15) is 6.04 Å². The number of aromatic nitrogens is 1. The van der Waals surface area contributed by atoms with Crippen molar-refractivity contribution < 1.29 is 19.5 Å². The van der Waals surface area contributed by atoms with Crippen LogP contribution in [0, 0.1) is 0 Å². The van der Waals surface area contributed by atoms with Crippen molar-refractivity contribution in [3.8, 4) is 0 Å². The minimum absolute atomic E-state index is 0. The quantitative estimate of drug-likeness (QED) is 0.296. The Morgan fingerprint density at radius 3 is 2.42 bits per heavy atom. The summed E-state index contributed by atoms with van der Waals surface area (Å²) in [5, 5.41) is 16.4. The maximum Gasteiger partial charge on any atom is 0.326 e. The topological polar surface area (TPSA) is 137 Å². The van der Waals surface area contributed by atoms with Gasteiger partial charge < -0.3 is 26.5 Å². The SMILES string of the molecule is Cl.NCC(=O)NC[C@H](CC(=O)N[C@@H](Cc1c[nH]c2ccccc12)C(=O)O)c1ccc(Cl)cc1. The van der Waals surface area contributed by atoms with E-state index in [2.05, 4.69) is 15.6 Å². The molecule has 8 nitrogen and oxygen atoms in total. The van der Waals surface area contributed by atoms with Crippen LogP contribution in [0.5, 0.6) is 0 Å². The Morgan fingerprint density at radius 1 is 1.06 bits per heavy atom. The fourth-order valence-corrected chi connectivity index (χ4v) is 3.68. The zero-order valence-electron chi connectivity index (χ0n) is 17.7. The first-order chi connectivity index (χ1) is 15.4. The Labute approximate surface area is 202 Å². The van der Waals surface area contributed by atoms with E-state index in [1.54, 1.807) is 30.5 Å². The van der Waals surface area contributed by atoms with E-state index in [4.69, 9.17) is 17.3 Å². The summed E-state index contributed by atoms with van der Waals surface area (Å²) in [5.74, 6) is -2.26. The van der Waals surface area contributed by atoms with Gasteiger partial charge in [-0.05, 0) is 29.3 Å². The number of carboxylic acid groups (broad SMARTS) is 1. The molecule has 2 aromatic carbocycles. The second kappa shape index (κ2) is 12.2. The van der Waals surface area contributed by atoms with E-state index in [0.717, 1.165) is 22.0 Å². The summed E-state index contributed by atoms with van der Waals surface area (Å²) < 4.78 is 0. The van der Waals surface area contributed by atoms with E-state index in [-0.39, 0.29) is 50.2 Å². The van der Waals surface area contributed by atoms with E-state index in [1.165, 1.54) is 0 Å². The average molecular weight is 493 g/mol. The van der Waals surface area contributed by atoms with Crippen molar-refractivity contribution >= 4 is 52.7 Å². The lowest BCUT2D eigenvalue weighted by molar-refractivity contribution is -0.141. The Bertz CT molecular complexity index is 1100. The number of aromatic amines is 1. The third-order valence-corrected chi connectivity index (χ3v) is 5.49. The first-order valence-electron chi connectivity index (χ1n) is 10.2. The number of aliphatic carboxylic acids is 1. The van der Waals surface area contributed by atoms with Crippen molar-refractivity contribution in [3.05, 3.63) is 70.9 Å². The number of H-pyrrole nitrogens is 1. The molecule has 1 aromatic heterocycles. The number of benzene rings is 2. The number of hydrogen-bond donors (Lipinski definition) is 5. The van der Waals surface area contributed by atoms with E-state index >= 15 is 0 Å². The molecule has 0 aliphatic heterocycles. The lowest BCUT2D eigenvalue weighted by atomic mass is 9.94. The van der Waals surface area contributed by atoms with Gasteiger partial charge >= 0.3 is 5.97 Å². The molecule has 2 amide bonds. The first-order valence-corrected chi connectivity index (χ1v) is 10.5. The first kappa shape index (κ1) is 26.2. The van der Waals surface area contributed by atoms with Crippen LogP contribution in [-0.4, -0.2) is 47.0 Å². The van der Waals surface area contributed by atoms with E-state index in [9.17, 15) is 19.5 Å². The monoisotopic (exact) mass is 492 g/mol. The summed E-state index contributed by atoms with van der Waals surface area (Å²) in [6, 6.07) is 13.4. The largest absolute Gasteiger partial charge is 0.480 e. The standard InChI is InChI=1S/C23H25ClN4O4.ClH/c24-17-7-5-14(6-8-17)15(12-27-22(30)11-25)10-21(29)28-20(23(31)32)9-16-13-26-19-4-2-1-3-18(16)19;/h1-8,13,15,20,26H,9-12,25H2,(H,27,30)(H,28,29)(H,31,32);1H/t15-,20-;/m0./s1. The fraction of sp³-hybridized carbons (Fsp3) is 0.261. The Balaban J connectivity index is 0.00000385. The smallest absolute Gasteiger partial charge is 0.326 e. The number of carbonyl (C=O) groups excluding carboxylic acids is 2. The van der Waals surface area contributed by atoms with Gasteiger partial charge in [0, 0.05) is 47.4 Å². The number of hydrogen-bond acceptors (Lipinski definition) is 4. The summed E-state index contributed by atoms with van der Waals surface area (Å²) >= 11 is 5.95. The summed E-state index contributed by atoms with van der Waals surface area (Å²) in [6.45, 7) is 0.0243. The van der Waals surface area contributed by atoms with Crippen LogP contribution in [0.15, 0.2) is 54.7 Å². The highest BCUT2D eigenvalue weighted by atomic mass is 35.5. The second-order valence-corrected chi connectivity index (χ2v) is 7.92. The predicted molar refractivity (Wildman–Crippen MR) is 130 cm³/mol. The lowest BCUT2D eigenvalue weighted by Gasteiger charge is -2.20. The van der Waals surface area contributed by atoms with Crippen LogP contribution >= 0.6 is 24.0 Å². The Hall–Kier alpha value is -3.07. The van der Waals surface area contributed by atoms with E-state index in [1.807, 2.05) is 24.3 Å². The van der Waals surface area contributed by atoms with Gasteiger partial charge in [0.15, 0.2) is 0 Å². The number of carboxylic acids is 1. The highest BCUT2D eigenvalue weighted by Crippen LogP contribution is 2.22. The number of para-hydroxylation sites is 1. The third-order valence-electron chi connectivity index (χ3n) is 5.24. The molecule has 0 radical (unpaired) electrons. The molecule has 2 atom stereocenters. The van der Waals surface area contributed by atoms with Crippen LogP contribution in [0.2, 0.25) is 5.02 Å². The molecule has 0 aliphatic carbocycles. The van der Waals surface area contributed by atoms with Crippen LogP contribution in [0.4, 0.5) is 0 Å². The van der Waals surface area contributed by atoms with Gasteiger partial charge in [-0.1, -0.05) is 41.9 Å². The minimum atomic E-state index is -1.12. The van der Waals surface area contributed by atoms with E-state index < -0.39 is 17.9 Å². The molecular formula is C23H26Cl2N4O4. The number of nitrogens with one attached hydrogen (secondary N) is 3. The van der Waals surface area contributed by atoms with Gasteiger partial charge in [0.2, 0.25) is 11.8 Å². The summed E-state index contributed by atoms with van der Waals surface area (Å²) in [5.41, 5.74) is 7.84. The number of rotatable bonds is 10. The normalized spacial score (nSPS) is 12.4. The van der Waals surface area contributed by atoms with Crippen molar-refractivity contribution in [2.24, 2.45) is 5.73 Å². The van der Waals surface area contributed by atoms with Crippen LogP contribution in [0.25, 0.3) is 10.9 Å². The summed E-state index contributed by atoms with van der Waals surface area (Å²) in [7, 11) is 0. The van der Waals surface area contributed by atoms with Crippen molar-refractivity contribution in [2.75, 3.05) is 13.1 Å². The lowest BCUT2D eigenvalue weighted by Crippen LogP contribution is -2.43. The molecule has 33 heavy (non-hydrogen) atoms. The Morgan fingerprint density at radius 2 is 1.76 bits per heavy atom. The molecule has 0 bridgehead atoms. The van der Waals surface area contributed by atoms with Crippen LogP contribution < -0.4 is 16.4 Å². The van der Waals surface area contributed by atoms with Crippen molar-refractivity contribution in [1.29, 1.82) is 0 Å². The number of nitrogens with two attached hydrogens (primary N) is 1. The minimum Gasteiger partial charge on any atom is -0.480 e. The predicted octanol–water partition coefficient (Wildman–Crippen LogP) is 2.60. The highest BCUT2D eigenvalue weighted by Gasteiger charge is 2.24. The molecular weight excluding hydrogens is 467 g/mol. The molecule has 0 spiro atoms. The molecule has 0 saturated carbocycles. The molecule has 176 valence electrons. The number of carbonyl (C=O) groups is 3. The van der Waals surface area contributed by atoms with Gasteiger partial charge in [0.25, 0.3) is 0 Å². The molecule has 0 saturated heterocycles. The van der Waals surface area contributed by atoms with Crippen molar-refractivity contribution in [1.82, 2.24) is 15.6 Å². The average Bonchev–Trinajstić information content (AvgIpc) is 3.19. The van der Waals surface area contributed by atoms with Gasteiger partial charge in [-0.3, -0.25) is 9.59 Å². The zero-order chi connectivity index (χ0) is 23.1. The zero-order valence-corrected chi connectivity index (χ0v) is 19.3. The fourth-order valence-electron chi connectivity index (χ4n) is 3.55. The van der Waals surface area contributed by atoms with Crippen LogP contribution in [0.1, 0.15) is 23.5 Å². The van der Waals surface area contributed by atoms with Gasteiger partial charge in [-0.15, -0.1) is 12.4 Å². The van der Waals surface area contributed by atoms with Crippen LogP contribution in [-0.2, 0) is 20.8 Å². The van der Waals surface area contributed by atoms with Gasteiger partial charge in [0.05, 0.1) is 6.54 Å². The number of fused-ring (bicyclic) bond motifs is 1. The summed E-state index contributed by atoms with van der Waals surface area (Å²) in [6.07, 6.45) is 1.89. The molecule has 0 aliphatic rings. The third kappa shape index (κ3) is 7.21. The highest BCUT2D eigenvalue weighted by molar-refractivity contribution is 6.30. The van der Waals surface area contributed by atoms with E-state index in [0.29, 0.717) is 5.02 Å². The molecule has 0 fully saturated rings. The van der Waals surface area contributed by atoms with Crippen molar-refractivity contribution in [3.63, 3.8) is 0 Å². The molecule has 6 N–H and O–H groups in total. The molecule has 10 heteroatoms. The molecule has 3 rings (SSSR count). The molecule has 1 heterocycles. The van der Waals surface area contributed by atoms with Gasteiger partial charge in [-0.25, -0.2) is 4.79 Å². The number of halogens is 2. The van der Waals surface area contributed by atoms with Gasteiger partial charge in [-0.2, -0.15) is 0 Å². The maximum atomic E-state index is 12.8. The molecule has 3 aromatic rings. The Kier molecular flexibility index (Phi) is 9.72. The van der Waals surface area contributed by atoms with Crippen LogP contribution in [0.3, 0.4) is 0 Å². The number of amides is 2. The maximum absolute atomic E-state index is 12.8. The second-order valence-electron chi connectivity index (χ2n) is 7.48. The summed E-state index contributed by atoms with van der Waals surface area (Å²) in [4.78, 5) is 39.3.